The van der Waals surface area contributed by atoms with Crippen molar-refractivity contribution in [1.82, 2.24) is 5.32 Å². The molecule has 0 spiro atoms. The maximum Gasteiger partial charge on any atom is 0.303 e. The molecule has 5 nitrogen and oxygen atoms in total. The Labute approximate surface area is 94.2 Å². The van der Waals surface area contributed by atoms with Crippen LogP contribution in [0.4, 0.5) is 0 Å². The number of carbonyl (C=O) groups excluding carboxylic acids is 1. The van der Waals surface area contributed by atoms with E-state index in [1.807, 2.05) is 0 Å². The van der Waals surface area contributed by atoms with Crippen LogP contribution in [0.5, 0.6) is 5.75 Å². The van der Waals surface area contributed by atoms with Crippen LogP contribution < -0.4 is 5.32 Å². The lowest BCUT2D eigenvalue weighted by atomic mass is 10.2. The van der Waals surface area contributed by atoms with Crippen LogP contribution in [0.2, 0.25) is 0 Å². The van der Waals surface area contributed by atoms with Crippen molar-refractivity contribution in [3.8, 4) is 5.75 Å². The molecule has 0 bridgehead atoms. The Morgan fingerprint density at radius 2 is 2.00 bits per heavy atom. The lowest BCUT2D eigenvalue weighted by molar-refractivity contribution is -0.137. The van der Waals surface area contributed by atoms with Crippen LogP contribution in [0.1, 0.15) is 24.6 Å². The first-order valence-electron chi connectivity index (χ1n) is 4.89. The van der Waals surface area contributed by atoms with Gasteiger partial charge in [0.25, 0.3) is 5.91 Å². The molecule has 0 fully saturated rings. The highest BCUT2D eigenvalue weighted by molar-refractivity contribution is 5.96. The average molecular weight is 225 g/mol. The van der Waals surface area contributed by atoms with E-state index >= 15 is 0 Å². The van der Waals surface area contributed by atoms with Crippen molar-refractivity contribution >= 4 is 11.9 Å². The molecule has 5 heteroatoms. The number of phenolic OH excluding ortho intramolecular Hbond substituents is 1. The van der Waals surface area contributed by atoms with Crippen molar-refractivity contribution < 1.29 is 21.2 Å². The number of benzene rings is 1. The SMILES string of the molecule is O=C(O)CCCNC(=O)c1ccccc1O.[HH]. The highest BCUT2D eigenvalue weighted by Crippen LogP contribution is 2.14. The molecule has 0 heterocycles. The van der Waals surface area contributed by atoms with E-state index in [1.165, 1.54) is 12.1 Å². The number of para-hydroxylation sites is 1. The molecule has 0 aromatic heterocycles. The van der Waals surface area contributed by atoms with Gasteiger partial charge in [-0.15, -0.1) is 0 Å². The predicted octanol–water partition coefficient (Wildman–Crippen LogP) is 1.23. The van der Waals surface area contributed by atoms with Crippen molar-refractivity contribution in [3.05, 3.63) is 29.8 Å². The Bertz CT molecular complexity index is 395. The van der Waals surface area contributed by atoms with E-state index in [9.17, 15) is 14.7 Å². The van der Waals surface area contributed by atoms with Gasteiger partial charge >= 0.3 is 5.97 Å². The zero-order valence-corrected chi connectivity index (χ0v) is 8.64. The molecule has 16 heavy (non-hydrogen) atoms. The molecule has 1 aromatic carbocycles. The highest BCUT2D eigenvalue weighted by Gasteiger charge is 2.09. The van der Waals surface area contributed by atoms with Gasteiger partial charge in [0.15, 0.2) is 0 Å². The zero-order valence-electron chi connectivity index (χ0n) is 8.64. The first kappa shape index (κ1) is 12.0. The molecule has 0 unspecified atom stereocenters. The number of hydrogen-bond acceptors (Lipinski definition) is 3. The summed E-state index contributed by atoms with van der Waals surface area (Å²) < 4.78 is 0. The van der Waals surface area contributed by atoms with E-state index in [2.05, 4.69) is 5.32 Å². The minimum absolute atomic E-state index is 0. The van der Waals surface area contributed by atoms with Gasteiger partial charge in [-0.1, -0.05) is 12.1 Å². The molecule has 1 rings (SSSR count). The normalized spacial score (nSPS) is 9.75. The first-order chi connectivity index (χ1) is 7.61. The third-order valence-corrected chi connectivity index (χ3v) is 2.00. The number of amides is 1. The Balaban J connectivity index is 0.00000256. The van der Waals surface area contributed by atoms with E-state index in [0.29, 0.717) is 6.42 Å². The van der Waals surface area contributed by atoms with E-state index in [0.717, 1.165) is 0 Å². The van der Waals surface area contributed by atoms with Crippen molar-refractivity contribution in [3.63, 3.8) is 0 Å². The Hall–Kier alpha value is -2.04. The molecule has 0 radical (unpaired) electrons. The Morgan fingerprint density at radius 1 is 1.31 bits per heavy atom. The summed E-state index contributed by atoms with van der Waals surface area (Å²) in [5.41, 5.74) is 0.192. The van der Waals surface area contributed by atoms with Gasteiger partial charge in [0.2, 0.25) is 0 Å². The molecule has 88 valence electrons. The number of aromatic hydroxyl groups is 1. The summed E-state index contributed by atoms with van der Waals surface area (Å²) in [4.78, 5) is 21.7. The highest BCUT2D eigenvalue weighted by atomic mass is 16.4. The largest absolute Gasteiger partial charge is 0.507 e. The number of rotatable bonds is 5. The van der Waals surface area contributed by atoms with Crippen LogP contribution in [0.15, 0.2) is 24.3 Å². The summed E-state index contributed by atoms with van der Waals surface area (Å²) in [5, 5.41) is 20.3. The fourth-order valence-electron chi connectivity index (χ4n) is 1.20. The second-order valence-corrected chi connectivity index (χ2v) is 3.27. The smallest absolute Gasteiger partial charge is 0.303 e. The summed E-state index contributed by atoms with van der Waals surface area (Å²) >= 11 is 0. The van der Waals surface area contributed by atoms with Gasteiger partial charge < -0.3 is 15.5 Å². The van der Waals surface area contributed by atoms with Crippen LogP contribution in [-0.2, 0) is 4.79 Å². The second-order valence-electron chi connectivity index (χ2n) is 3.27. The van der Waals surface area contributed by atoms with Crippen molar-refractivity contribution in [1.29, 1.82) is 0 Å². The number of carbonyl (C=O) groups is 2. The number of aliphatic carboxylic acids is 1. The maximum absolute atomic E-state index is 11.5. The quantitative estimate of drug-likeness (QED) is 0.658. The average Bonchev–Trinajstić information content (AvgIpc) is 2.24. The third kappa shape index (κ3) is 3.61. The van der Waals surface area contributed by atoms with Crippen LogP contribution in [0.3, 0.4) is 0 Å². The molecule has 3 N–H and O–H groups in total. The number of phenols is 1. The van der Waals surface area contributed by atoms with E-state index in [4.69, 9.17) is 5.11 Å². The van der Waals surface area contributed by atoms with Crippen molar-refractivity contribution in [2.45, 2.75) is 12.8 Å². The standard InChI is InChI=1S/C11H13NO4.H2/c13-9-5-2-1-4-8(9)11(16)12-7-3-6-10(14)15;/h1-2,4-5,13H,3,6-7H2,(H,12,16)(H,14,15);1H. The van der Waals surface area contributed by atoms with Crippen molar-refractivity contribution in [2.75, 3.05) is 6.54 Å². The van der Waals surface area contributed by atoms with Crippen LogP contribution in [0.25, 0.3) is 0 Å². The van der Waals surface area contributed by atoms with Crippen molar-refractivity contribution in [2.24, 2.45) is 0 Å². The Kier molecular flexibility index (Phi) is 4.32. The van der Waals surface area contributed by atoms with E-state index < -0.39 is 11.9 Å². The molecular weight excluding hydrogens is 210 g/mol. The molecule has 0 aliphatic heterocycles. The molecule has 1 aromatic rings. The Morgan fingerprint density at radius 3 is 2.62 bits per heavy atom. The van der Waals surface area contributed by atoms with Crippen LogP contribution in [0, 0.1) is 0 Å². The lowest BCUT2D eigenvalue weighted by Gasteiger charge is -2.05. The van der Waals surface area contributed by atoms with Gasteiger partial charge in [0.1, 0.15) is 5.75 Å². The molecule has 0 saturated heterocycles. The van der Waals surface area contributed by atoms with Gasteiger partial charge in [0.05, 0.1) is 5.56 Å². The molecular formula is C11H15NO4. The van der Waals surface area contributed by atoms with E-state index in [-0.39, 0.29) is 25.7 Å². The van der Waals surface area contributed by atoms with Gasteiger partial charge in [-0.25, -0.2) is 0 Å². The first-order valence-corrected chi connectivity index (χ1v) is 4.89. The minimum Gasteiger partial charge on any atom is -0.507 e. The lowest BCUT2D eigenvalue weighted by Crippen LogP contribution is -2.24. The third-order valence-electron chi connectivity index (χ3n) is 2.00. The predicted molar refractivity (Wildman–Crippen MR) is 59.4 cm³/mol. The van der Waals surface area contributed by atoms with Gasteiger partial charge in [-0.2, -0.15) is 0 Å². The summed E-state index contributed by atoms with van der Waals surface area (Å²) in [5.74, 6) is -1.38. The molecule has 0 aliphatic carbocycles. The second kappa shape index (κ2) is 5.75. The number of carboxylic acid groups (broad SMARTS) is 1. The number of carboxylic acids is 1. The molecule has 1 amide bonds. The zero-order chi connectivity index (χ0) is 12.0. The number of nitrogens with one attached hydrogen (secondary N) is 1. The van der Waals surface area contributed by atoms with Crippen LogP contribution in [-0.4, -0.2) is 28.6 Å². The monoisotopic (exact) mass is 225 g/mol. The van der Waals surface area contributed by atoms with Gasteiger partial charge in [-0.05, 0) is 18.6 Å². The topological polar surface area (TPSA) is 86.6 Å². The fraction of sp³-hybridized carbons (Fsp3) is 0.273. The molecule has 0 saturated carbocycles. The van der Waals surface area contributed by atoms with E-state index in [1.54, 1.807) is 12.1 Å². The summed E-state index contributed by atoms with van der Waals surface area (Å²) in [7, 11) is 0. The van der Waals surface area contributed by atoms with Gasteiger partial charge in [0, 0.05) is 14.4 Å². The van der Waals surface area contributed by atoms with Crippen LogP contribution >= 0.6 is 0 Å². The number of hydrogen-bond donors (Lipinski definition) is 3. The summed E-state index contributed by atoms with van der Waals surface area (Å²) in [6.07, 6.45) is 0.385. The molecule has 0 atom stereocenters. The minimum atomic E-state index is -0.892. The van der Waals surface area contributed by atoms with Gasteiger partial charge in [-0.3, -0.25) is 9.59 Å². The summed E-state index contributed by atoms with van der Waals surface area (Å²) in [6.45, 7) is 0.277. The molecule has 0 aliphatic rings. The summed E-state index contributed by atoms with van der Waals surface area (Å²) in [6, 6.07) is 6.19. The maximum atomic E-state index is 11.5. The fourth-order valence-corrected chi connectivity index (χ4v) is 1.20.